The Morgan fingerprint density at radius 1 is 0.366 bits per heavy atom. The summed E-state index contributed by atoms with van der Waals surface area (Å²) in [6.45, 7) is -1.62. The van der Waals surface area contributed by atoms with Crippen LogP contribution in [-0.2, 0) is 42.6 Å². The van der Waals surface area contributed by atoms with Gasteiger partial charge in [-0.25, -0.2) is 28.8 Å². The van der Waals surface area contributed by atoms with Gasteiger partial charge in [-0.05, 0) is 72.8 Å². The molecular weight excluding hydrogens is 921 g/mol. The van der Waals surface area contributed by atoms with Gasteiger partial charge in [0.1, 0.15) is 24.9 Å². The van der Waals surface area contributed by atoms with Crippen LogP contribution in [0.5, 0.6) is 0 Å². The Labute approximate surface area is 406 Å². The van der Waals surface area contributed by atoms with E-state index in [0.717, 1.165) is 0 Å². The second kappa shape index (κ2) is 23.5. The van der Waals surface area contributed by atoms with E-state index in [1.807, 2.05) is 0 Å². The van der Waals surface area contributed by atoms with Crippen molar-refractivity contribution in [3.05, 3.63) is 215 Å². The average molecular weight is 967 g/mol. The number of ether oxygens (including phenoxy) is 9. The van der Waals surface area contributed by atoms with Crippen molar-refractivity contribution in [3.63, 3.8) is 0 Å². The first-order chi connectivity index (χ1) is 34.6. The summed E-state index contributed by atoms with van der Waals surface area (Å²) in [6, 6.07) is 46.3. The molecular formula is C54H46O17. The largest absolute Gasteiger partial charge is 0.459 e. The molecule has 0 spiro atoms. The van der Waals surface area contributed by atoms with E-state index in [-0.39, 0.29) is 33.4 Å². The number of benzene rings is 6. The second-order valence-electron chi connectivity index (χ2n) is 16.0. The first-order valence-corrected chi connectivity index (χ1v) is 22.4. The zero-order valence-electron chi connectivity index (χ0n) is 37.5. The fraction of sp³-hybridized carbons (Fsp3) is 0.222. The molecule has 6 aromatic carbocycles. The maximum Gasteiger partial charge on any atom is 0.338 e. The second-order valence-corrected chi connectivity index (χ2v) is 16.0. The van der Waals surface area contributed by atoms with E-state index in [4.69, 9.17) is 42.6 Å². The molecule has 364 valence electrons. The molecule has 0 saturated carbocycles. The van der Waals surface area contributed by atoms with Crippen LogP contribution in [0.3, 0.4) is 0 Å². The van der Waals surface area contributed by atoms with E-state index in [0.29, 0.717) is 0 Å². The van der Waals surface area contributed by atoms with Crippen LogP contribution >= 0.6 is 0 Å². The summed E-state index contributed by atoms with van der Waals surface area (Å²) in [5.74, 6) is -5.76. The topological polar surface area (TPSA) is 226 Å². The van der Waals surface area contributed by atoms with Gasteiger partial charge in [-0.3, -0.25) is 0 Å². The van der Waals surface area contributed by atoms with Gasteiger partial charge in [0.15, 0.2) is 43.1 Å². The Bertz CT molecular complexity index is 2730. The summed E-state index contributed by atoms with van der Waals surface area (Å²) in [4.78, 5) is 83.8. The lowest BCUT2D eigenvalue weighted by Crippen LogP contribution is -2.67. The predicted octanol–water partition coefficient (Wildman–Crippen LogP) is 5.79. The molecule has 0 amide bonds. The van der Waals surface area contributed by atoms with Gasteiger partial charge in [0.25, 0.3) is 0 Å². The molecule has 8 rings (SSSR count). The molecule has 6 aromatic rings. The minimum atomic E-state index is -2.08. The maximum absolute atomic E-state index is 14.3. The smallest absolute Gasteiger partial charge is 0.338 e. The van der Waals surface area contributed by atoms with Crippen LogP contribution in [0, 0.1) is 0 Å². The number of esters is 6. The Kier molecular flexibility index (Phi) is 16.3. The lowest BCUT2D eigenvalue weighted by Gasteiger charge is -2.48. The van der Waals surface area contributed by atoms with Crippen molar-refractivity contribution >= 4 is 35.8 Å². The normalized spacial score (nSPS) is 23.7. The Hall–Kier alpha value is -8.06. The van der Waals surface area contributed by atoms with Crippen molar-refractivity contribution in [1.82, 2.24) is 0 Å². The number of carbonyl (C=O) groups excluding carboxylic acids is 6. The lowest BCUT2D eigenvalue weighted by molar-refractivity contribution is -0.352. The SMILES string of the molecule is O=C(OC[C@H]1O[C@H](O[C@@H]2[C@H](OC(=O)c3ccccc3)[C@@H](O)O[C@H](CO)[C@H]2OC(=O)c2ccccc2)[C@@H](OC(=O)c2ccccc2)[C@@H](OC(=O)c2ccccc2)[C@@H]1OC(=O)c1ccccc1)c1ccccc1. The number of hydrogen-bond acceptors (Lipinski definition) is 17. The first-order valence-electron chi connectivity index (χ1n) is 22.4. The zero-order valence-corrected chi connectivity index (χ0v) is 37.5. The number of carbonyl (C=O) groups is 6. The number of aliphatic hydroxyl groups is 2. The molecule has 2 N–H and O–H groups in total. The molecule has 71 heavy (non-hydrogen) atoms. The quantitative estimate of drug-likeness (QED) is 0.0864. The van der Waals surface area contributed by atoms with Gasteiger partial charge in [-0.15, -0.1) is 0 Å². The molecule has 0 bridgehead atoms. The van der Waals surface area contributed by atoms with E-state index in [1.54, 1.807) is 109 Å². The van der Waals surface area contributed by atoms with E-state index < -0.39 is 110 Å². The molecule has 0 radical (unpaired) electrons. The van der Waals surface area contributed by atoms with Crippen LogP contribution in [-0.4, -0.2) is 121 Å². The minimum Gasteiger partial charge on any atom is -0.459 e. The van der Waals surface area contributed by atoms with Gasteiger partial charge >= 0.3 is 35.8 Å². The third-order valence-electron chi connectivity index (χ3n) is 11.3. The third-order valence-corrected chi connectivity index (χ3v) is 11.3. The van der Waals surface area contributed by atoms with Gasteiger partial charge in [0.2, 0.25) is 0 Å². The molecule has 17 heteroatoms. The highest BCUT2D eigenvalue weighted by atomic mass is 16.8. The molecule has 2 fully saturated rings. The first kappa shape index (κ1) is 49.4. The van der Waals surface area contributed by atoms with Gasteiger partial charge in [0.05, 0.1) is 40.0 Å². The van der Waals surface area contributed by atoms with Gasteiger partial charge in [-0.2, -0.15) is 0 Å². The Morgan fingerprint density at radius 2 is 0.676 bits per heavy atom. The van der Waals surface area contributed by atoms with Gasteiger partial charge in [-0.1, -0.05) is 109 Å². The van der Waals surface area contributed by atoms with Crippen molar-refractivity contribution in [2.24, 2.45) is 0 Å². The highest BCUT2D eigenvalue weighted by Crippen LogP contribution is 2.36. The number of rotatable bonds is 16. The average Bonchev–Trinajstić information content (AvgIpc) is 3.42. The fourth-order valence-electron chi connectivity index (χ4n) is 7.79. The molecule has 2 saturated heterocycles. The highest BCUT2D eigenvalue weighted by molar-refractivity contribution is 5.92. The van der Waals surface area contributed by atoms with E-state index >= 15 is 0 Å². The number of hydrogen-bond donors (Lipinski definition) is 2. The third kappa shape index (κ3) is 12.2. The molecule has 2 aliphatic heterocycles. The van der Waals surface area contributed by atoms with Crippen LogP contribution in [0.1, 0.15) is 62.1 Å². The maximum atomic E-state index is 14.3. The standard InChI is InChI=1S/C54H46O17/c55-31-39-41(66-48(57)34-21-9-2-10-22-34)43(45(53(62)64-39)69-51(60)37-27-15-5-16-28-37)71-54-46(70-52(61)38-29-17-6-18-30-38)44(68-50(59)36-25-13-4-14-26-36)42(67-49(58)35-23-11-3-12-24-35)40(65-54)32-63-47(56)33-19-7-1-8-20-33/h1-30,39-46,53-55,62H,31-32H2/t39-,40-,41-,42-,43+,44+,45+,46+,53+,54-/m1/s1. The van der Waals surface area contributed by atoms with Gasteiger partial charge < -0.3 is 52.8 Å². The van der Waals surface area contributed by atoms with Crippen molar-refractivity contribution in [2.45, 2.75) is 61.4 Å². The van der Waals surface area contributed by atoms with Crippen molar-refractivity contribution < 1.29 is 81.6 Å². The zero-order chi connectivity index (χ0) is 49.7. The van der Waals surface area contributed by atoms with Crippen LogP contribution in [0.4, 0.5) is 0 Å². The molecule has 10 atom stereocenters. The summed E-state index contributed by atoms with van der Waals surface area (Å²) in [5, 5.41) is 22.3. The molecule has 0 aromatic heterocycles. The van der Waals surface area contributed by atoms with Crippen molar-refractivity contribution in [1.29, 1.82) is 0 Å². The van der Waals surface area contributed by atoms with Gasteiger partial charge in [0, 0.05) is 0 Å². The Morgan fingerprint density at radius 3 is 1.04 bits per heavy atom. The van der Waals surface area contributed by atoms with E-state index in [2.05, 4.69) is 0 Å². The predicted molar refractivity (Wildman–Crippen MR) is 246 cm³/mol. The molecule has 17 nitrogen and oxygen atoms in total. The fourth-order valence-corrected chi connectivity index (χ4v) is 7.79. The highest BCUT2D eigenvalue weighted by Gasteiger charge is 2.58. The van der Waals surface area contributed by atoms with Crippen LogP contribution < -0.4 is 0 Å². The summed E-state index contributed by atoms with van der Waals surface area (Å²) in [7, 11) is 0. The Balaban J connectivity index is 1.26. The van der Waals surface area contributed by atoms with Crippen LogP contribution in [0.2, 0.25) is 0 Å². The molecule has 2 heterocycles. The summed E-state index contributed by atoms with van der Waals surface area (Å²) in [6.07, 6.45) is -18.5. The summed E-state index contributed by atoms with van der Waals surface area (Å²) < 4.78 is 55.0. The lowest BCUT2D eigenvalue weighted by atomic mass is 9.95. The molecule has 0 aliphatic carbocycles. The van der Waals surface area contributed by atoms with Crippen molar-refractivity contribution in [2.75, 3.05) is 13.2 Å². The monoisotopic (exact) mass is 966 g/mol. The van der Waals surface area contributed by atoms with E-state index in [9.17, 15) is 39.0 Å². The molecule has 2 aliphatic rings. The van der Waals surface area contributed by atoms with Crippen molar-refractivity contribution in [3.8, 4) is 0 Å². The minimum absolute atomic E-state index is 0.00213. The summed E-state index contributed by atoms with van der Waals surface area (Å²) in [5.41, 5.74) is 0.278. The van der Waals surface area contributed by atoms with Crippen LogP contribution in [0.15, 0.2) is 182 Å². The van der Waals surface area contributed by atoms with Crippen LogP contribution in [0.25, 0.3) is 0 Å². The van der Waals surface area contributed by atoms with E-state index in [1.165, 1.54) is 72.8 Å². The summed E-state index contributed by atoms with van der Waals surface area (Å²) >= 11 is 0. The number of aliphatic hydroxyl groups excluding tert-OH is 2. The molecule has 0 unspecified atom stereocenters.